The van der Waals surface area contributed by atoms with Gasteiger partial charge in [-0.25, -0.2) is 0 Å². The lowest BCUT2D eigenvalue weighted by atomic mass is 10.0. The molecule has 0 fully saturated rings. The summed E-state index contributed by atoms with van der Waals surface area (Å²) in [5, 5.41) is 23.2. The fourth-order valence-corrected chi connectivity index (χ4v) is 10.2. The Labute approximate surface area is 467 Å². The van der Waals surface area contributed by atoms with Gasteiger partial charge in [0, 0.05) is 12.8 Å². The summed E-state index contributed by atoms with van der Waals surface area (Å²) in [7, 11) is 0. The van der Waals surface area contributed by atoms with E-state index in [1.165, 1.54) is 263 Å². The maximum absolute atomic E-state index is 12.5. The summed E-state index contributed by atoms with van der Waals surface area (Å²) in [6.45, 7) is 4.89. The number of amides is 1. The average molecular weight is 1050 g/mol. The minimum atomic E-state index is -0.855. The Bertz CT molecular complexity index is 1260. The van der Waals surface area contributed by atoms with E-state index in [-0.39, 0.29) is 18.5 Å². The monoisotopic (exact) mass is 1050 g/mol. The number of hydrogen-bond acceptors (Lipinski definition) is 5. The van der Waals surface area contributed by atoms with E-state index in [9.17, 15) is 19.8 Å². The van der Waals surface area contributed by atoms with Gasteiger partial charge in [0.05, 0.1) is 25.4 Å². The number of aliphatic hydroxyl groups is 2. The third-order valence-electron chi connectivity index (χ3n) is 15.3. The Morgan fingerprint density at radius 1 is 0.373 bits per heavy atom. The molecule has 0 aliphatic rings. The van der Waals surface area contributed by atoms with Gasteiger partial charge in [-0.2, -0.15) is 0 Å². The summed E-state index contributed by atoms with van der Waals surface area (Å²) in [4.78, 5) is 24.6. The van der Waals surface area contributed by atoms with Crippen molar-refractivity contribution >= 4 is 11.9 Å². The zero-order valence-electron chi connectivity index (χ0n) is 50.3. The molecule has 0 saturated carbocycles. The van der Waals surface area contributed by atoms with Gasteiger partial charge < -0.3 is 20.3 Å². The van der Waals surface area contributed by atoms with E-state index < -0.39 is 12.1 Å². The van der Waals surface area contributed by atoms with Crippen LogP contribution in [0.2, 0.25) is 0 Å². The van der Waals surface area contributed by atoms with Crippen LogP contribution >= 0.6 is 0 Å². The van der Waals surface area contributed by atoms with Crippen LogP contribution in [0, 0.1) is 0 Å². The van der Waals surface area contributed by atoms with Gasteiger partial charge in [0.15, 0.2) is 0 Å². The van der Waals surface area contributed by atoms with Gasteiger partial charge in [-0.1, -0.05) is 300 Å². The number of allylic oxidation sites excluding steroid dienone is 7. The van der Waals surface area contributed by atoms with Crippen molar-refractivity contribution in [3.63, 3.8) is 0 Å². The zero-order valence-corrected chi connectivity index (χ0v) is 50.3. The molecule has 75 heavy (non-hydrogen) atoms. The van der Waals surface area contributed by atoms with Gasteiger partial charge >= 0.3 is 5.97 Å². The molecule has 0 aliphatic carbocycles. The quantitative estimate of drug-likeness (QED) is 0.0320. The maximum Gasteiger partial charge on any atom is 0.305 e. The minimum Gasteiger partial charge on any atom is -0.466 e. The van der Waals surface area contributed by atoms with Crippen LogP contribution in [-0.2, 0) is 14.3 Å². The first-order valence-corrected chi connectivity index (χ1v) is 33.4. The molecule has 0 bridgehead atoms. The fraction of sp³-hybridized carbons (Fsp3) is 0.855. The third-order valence-corrected chi connectivity index (χ3v) is 15.3. The predicted octanol–water partition coefficient (Wildman–Crippen LogP) is 21.3. The topological polar surface area (TPSA) is 95.9 Å². The van der Waals surface area contributed by atoms with Crippen LogP contribution in [0.4, 0.5) is 0 Å². The van der Waals surface area contributed by atoms with Gasteiger partial charge in [-0.05, 0) is 89.9 Å². The highest BCUT2D eigenvalue weighted by Gasteiger charge is 2.18. The summed E-state index contributed by atoms with van der Waals surface area (Å²) in [6.07, 6.45) is 83.0. The highest BCUT2D eigenvalue weighted by atomic mass is 16.5. The molecule has 440 valence electrons. The summed E-state index contributed by atoms with van der Waals surface area (Å²) in [5.41, 5.74) is 0. The largest absolute Gasteiger partial charge is 0.466 e. The number of carbonyl (C=O) groups is 2. The van der Waals surface area contributed by atoms with Gasteiger partial charge in [0.25, 0.3) is 0 Å². The number of nitrogens with one attached hydrogen (secondary N) is 1. The lowest BCUT2D eigenvalue weighted by Gasteiger charge is -2.20. The maximum atomic E-state index is 12.5. The molecule has 0 aliphatic heterocycles. The molecule has 6 nitrogen and oxygen atoms in total. The van der Waals surface area contributed by atoms with E-state index in [1.54, 1.807) is 6.08 Å². The van der Waals surface area contributed by atoms with Crippen molar-refractivity contribution in [2.24, 2.45) is 0 Å². The molecule has 0 aromatic heterocycles. The fourth-order valence-electron chi connectivity index (χ4n) is 10.2. The SMILES string of the molecule is CCCCCC/C=C\C/C=C\CCCCCCCCCC(=O)OCCCCCCCC/C=C\CCCCCCCCCC(=O)NC(CO)C(O)/C=C/CCCCCCCCCCCCCCCCCCCCCCC. The molecule has 0 saturated heterocycles. The highest BCUT2D eigenvalue weighted by molar-refractivity contribution is 5.76. The number of esters is 1. The second kappa shape index (κ2) is 64.3. The number of hydrogen-bond donors (Lipinski definition) is 3. The van der Waals surface area contributed by atoms with Gasteiger partial charge in [0.2, 0.25) is 5.91 Å². The lowest BCUT2D eigenvalue weighted by molar-refractivity contribution is -0.143. The average Bonchev–Trinajstić information content (AvgIpc) is 3.41. The van der Waals surface area contributed by atoms with E-state index in [0.29, 0.717) is 19.4 Å². The Balaban J connectivity index is 3.48. The van der Waals surface area contributed by atoms with Crippen LogP contribution in [0.15, 0.2) is 48.6 Å². The summed E-state index contributed by atoms with van der Waals surface area (Å²) >= 11 is 0. The van der Waals surface area contributed by atoms with Crippen LogP contribution < -0.4 is 5.32 Å². The van der Waals surface area contributed by atoms with Crippen molar-refractivity contribution in [3.8, 4) is 0 Å². The third kappa shape index (κ3) is 60.9. The van der Waals surface area contributed by atoms with Crippen LogP contribution in [0.25, 0.3) is 0 Å². The molecule has 0 aromatic rings. The van der Waals surface area contributed by atoms with Crippen LogP contribution in [-0.4, -0.2) is 47.4 Å². The molecule has 1 amide bonds. The molecular formula is C69H129NO5. The standard InChI is InChI=1S/C69H129NO5/c1-3-5-7-9-11-13-15-17-19-21-23-24-25-26-27-29-33-37-41-45-49-53-57-61-67(72)66(65-71)70-68(73)62-58-54-50-46-42-38-34-30-28-32-36-40-44-48-52-56-60-64-75-69(74)63-59-55-51-47-43-39-35-31-22-20-18-16-14-12-10-8-6-4-2/h14,16,20,22,28,32,57,61,66-67,71-72H,3-13,15,17-19,21,23-27,29-31,33-56,58-60,62-65H2,1-2H3,(H,70,73)/b16-14-,22-20-,32-28-,61-57+. The van der Waals surface area contributed by atoms with E-state index >= 15 is 0 Å². The molecule has 0 rings (SSSR count). The van der Waals surface area contributed by atoms with Crippen molar-refractivity contribution in [1.29, 1.82) is 0 Å². The second-order valence-electron chi connectivity index (χ2n) is 22.8. The number of ether oxygens (including phenoxy) is 1. The Morgan fingerprint density at radius 2 is 0.667 bits per heavy atom. The summed E-state index contributed by atoms with van der Waals surface area (Å²) < 4.78 is 5.48. The predicted molar refractivity (Wildman–Crippen MR) is 329 cm³/mol. The van der Waals surface area contributed by atoms with E-state index in [2.05, 4.69) is 55.6 Å². The first kappa shape index (κ1) is 72.8. The summed E-state index contributed by atoms with van der Waals surface area (Å²) in [5.74, 6) is -0.0874. The zero-order chi connectivity index (χ0) is 54.3. The first-order chi connectivity index (χ1) is 37.0. The molecule has 6 heteroatoms. The molecule has 3 N–H and O–H groups in total. The Morgan fingerprint density at radius 3 is 1.04 bits per heavy atom. The van der Waals surface area contributed by atoms with Crippen molar-refractivity contribution in [1.82, 2.24) is 5.32 Å². The van der Waals surface area contributed by atoms with Crippen LogP contribution in [0.1, 0.15) is 354 Å². The molecule has 0 heterocycles. The molecule has 2 unspecified atom stereocenters. The number of aliphatic hydroxyl groups excluding tert-OH is 2. The smallest absolute Gasteiger partial charge is 0.305 e. The summed E-state index contributed by atoms with van der Waals surface area (Å²) in [6, 6.07) is -0.640. The van der Waals surface area contributed by atoms with Crippen molar-refractivity contribution in [3.05, 3.63) is 48.6 Å². The molecular weight excluding hydrogens is 923 g/mol. The Kier molecular flexibility index (Phi) is 62.5. The van der Waals surface area contributed by atoms with Gasteiger partial charge in [-0.15, -0.1) is 0 Å². The van der Waals surface area contributed by atoms with E-state index in [0.717, 1.165) is 64.2 Å². The van der Waals surface area contributed by atoms with E-state index in [1.807, 2.05) is 6.08 Å². The van der Waals surface area contributed by atoms with Crippen LogP contribution in [0.3, 0.4) is 0 Å². The van der Waals surface area contributed by atoms with E-state index in [4.69, 9.17) is 4.74 Å². The number of carbonyl (C=O) groups excluding carboxylic acids is 2. The molecule has 0 aromatic carbocycles. The number of unbranched alkanes of at least 4 members (excludes halogenated alkanes) is 45. The van der Waals surface area contributed by atoms with Crippen LogP contribution in [0.5, 0.6) is 0 Å². The Hall–Kier alpha value is -2.18. The minimum absolute atomic E-state index is 0.00980. The molecule has 0 radical (unpaired) electrons. The van der Waals surface area contributed by atoms with Gasteiger partial charge in [-0.3, -0.25) is 9.59 Å². The lowest BCUT2D eigenvalue weighted by Crippen LogP contribution is -2.45. The highest BCUT2D eigenvalue weighted by Crippen LogP contribution is 2.17. The molecule has 0 spiro atoms. The second-order valence-corrected chi connectivity index (χ2v) is 22.8. The van der Waals surface area contributed by atoms with Crippen molar-refractivity contribution in [2.75, 3.05) is 13.2 Å². The normalized spacial score (nSPS) is 12.9. The molecule has 2 atom stereocenters. The van der Waals surface area contributed by atoms with Crippen molar-refractivity contribution < 1.29 is 24.5 Å². The van der Waals surface area contributed by atoms with Gasteiger partial charge in [0.1, 0.15) is 0 Å². The first-order valence-electron chi connectivity index (χ1n) is 33.4. The van der Waals surface area contributed by atoms with Crippen molar-refractivity contribution in [2.45, 2.75) is 366 Å². The number of rotatable bonds is 62.